The van der Waals surface area contributed by atoms with Crippen molar-refractivity contribution in [2.45, 2.75) is 31.1 Å². The Balaban J connectivity index is 2.11. The number of alkyl halides is 2. The van der Waals surface area contributed by atoms with Crippen LogP contribution >= 0.6 is 0 Å². The van der Waals surface area contributed by atoms with E-state index < -0.39 is 20.5 Å². The lowest BCUT2D eigenvalue weighted by molar-refractivity contribution is 0.234. The number of ether oxygens (including phenoxy) is 1. The number of benzene rings is 2. The zero-order valence-electron chi connectivity index (χ0n) is 12.2. The van der Waals surface area contributed by atoms with Crippen LogP contribution in [0, 0.1) is 13.8 Å². The average Bonchev–Trinajstić information content (AvgIpc) is 2.48. The molecule has 0 atom stereocenters. The van der Waals surface area contributed by atoms with E-state index in [1.807, 2.05) is 32.0 Å². The molecular weight excluding hydrogens is 310 g/mol. The number of hydrogen-bond donors (Lipinski definition) is 0. The quantitative estimate of drug-likeness (QED) is 0.837. The fourth-order valence-corrected chi connectivity index (χ4v) is 2.62. The van der Waals surface area contributed by atoms with E-state index in [-0.39, 0.29) is 6.61 Å². The van der Waals surface area contributed by atoms with Crippen molar-refractivity contribution < 1.29 is 21.9 Å². The first kappa shape index (κ1) is 16.4. The molecule has 0 N–H and O–H groups in total. The third kappa shape index (κ3) is 3.62. The first-order valence-corrected chi connectivity index (χ1v) is 8.16. The maximum absolute atomic E-state index is 12.4. The smallest absolute Gasteiger partial charge is 0.341 e. The highest BCUT2D eigenvalue weighted by Gasteiger charge is 2.26. The minimum Gasteiger partial charge on any atom is -0.489 e. The second kappa shape index (κ2) is 6.44. The fourth-order valence-electron chi connectivity index (χ4n) is 1.90. The van der Waals surface area contributed by atoms with Gasteiger partial charge in [0, 0.05) is 0 Å². The molecule has 118 valence electrons. The topological polar surface area (TPSA) is 43.4 Å². The van der Waals surface area contributed by atoms with E-state index in [9.17, 15) is 17.2 Å². The van der Waals surface area contributed by atoms with Gasteiger partial charge in [-0.15, -0.1) is 0 Å². The summed E-state index contributed by atoms with van der Waals surface area (Å²) in [5.74, 6) is -2.67. The van der Waals surface area contributed by atoms with E-state index in [4.69, 9.17) is 4.74 Å². The van der Waals surface area contributed by atoms with Crippen molar-refractivity contribution >= 4 is 9.84 Å². The van der Waals surface area contributed by atoms with Gasteiger partial charge in [-0.05, 0) is 48.7 Å². The maximum Gasteiger partial charge on any atom is 0.341 e. The molecule has 0 radical (unpaired) electrons. The van der Waals surface area contributed by atoms with Gasteiger partial charge in [-0.3, -0.25) is 0 Å². The van der Waals surface area contributed by atoms with Gasteiger partial charge in [-0.2, -0.15) is 8.78 Å². The highest BCUT2D eigenvalue weighted by atomic mass is 32.2. The summed E-state index contributed by atoms with van der Waals surface area (Å²) in [4.78, 5) is -0.391. The molecule has 0 unspecified atom stereocenters. The molecule has 22 heavy (non-hydrogen) atoms. The van der Waals surface area contributed by atoms with E-state index in [2.05, 4.69) is 0 Å². The summed E-state index contributed by atoms with van der Waals surface area (Å²) in [5.41, 5.74) is 2.76. The fraction of sp³-hybridized carbons (Fsp3) is 0.250. The van der Waals surface area contributed by atoms with E-state index in [0.717, 1.165) is 16.9 Å². The van der Waals surface area contributed by atoms with Crippen LogP contribution in [0.5, 0.6) is 5.75 Å². The predicted octanol–water partition coefficient (Wildman–Crippen LogP) is 3.88. The van der Waals surface area contributed by atoms with Gasteiger partial charge in [-0.1, -0.05) is 24.3 Å². The van der Waals surface area contributed by atoms with E-state index in [0.29, 0.717) is 5.56 Å². The van der Waals surface area contributed by atoms with Crippen LogP contribution in [-0.2, 0) is 16.4 Å². The monoisotopic (exact) mass is 326 g/mol. The van der Waals surface area contributed by atoms with Crippen LogP contribution in [0.3, 0.4) is 0 Å². The van der Waals surface area contributed by atoms with Gasteiger partial charge < -0.3 is 4.74 Å². The third-order valence-electron chi connectivity index (χ3n) is 3.22. The lowest BCUT2D eigenvalue weighted by Gasteiger charge is -2.10. The summed E-state index contributed by atoms with van der Waals surface area (Å²) in [7, 11) is -4.55. The molecule has 0 aromatic heterocycles. The predicted molar refractivity (Wildman–Crippen MR) is 79.9 cm³/mol. The van der Waals surface area contributed by atoms with Crippen molar-refractivity contribution in [3.05, 3.63) is 59.2 Å². The SMILES string of the molecule is Cc1ccc(C)c(OCc2ccc(S(=O)(=O)C(F)F)cc2)c1. The Morgan fingerprint density at radius 2 is 1.68 bits per heavy atom. The molecule has 0 saturated carbocycles. The van der Waals surface area contributed by atoms with Gasteiger partial charge in [0.05, 0.1) is 4.90 Å². The number of sulfone groups is 1. The molecule has 0 heterocycles. The van der Waals surface area contributed by atoms with Crippen LogP contribution in [0.2, 0.25) is 0 Å². The highest BCUT2D eigenvalue weighted by molar-refractivity contribution is 7.91. The van der Waals surface area contributed by atoms with Gasteiger partial charge in [0.1, 0.15) is 12.4 Å². The normalized spacial score (nSPS) is 11.7. The molecule has 0 fully saturated rings. The summed E-state index contributed by atoms with van der Waals surface area (Å²) >= 11 is 0. The first-order chi connectivity index (χ1) is 10.3. The molecule has 0 bridgehead atoms. The van der Waals surface area contributed by atoms with Crippen molar-refractivity contribution in [2.24, 2.45) is 0 Å². The van der Waals surface area contributed by atoms with Gasteiger partial charge in [0.2, 0.25) is 9.84 Å². The molecule has 2 aromatic rings. The molecule has 0 saturated heterocycles. The molecule has 2 aromatic carbocycles. The summed E-state index contributed by atoms with van der Waals surface area (Å²) in [6, 6.07) is 11.1. The van der Waals surface area contributed by atoms with E-state index in [1.165, 1.54) is 24.3 Å². The average molecular weight is 326 g/mol. The number of hydrogen-bond acceptors (Lipinski definition) is 3. The lowest BCUT2D eigenvalue weighted by atomic mass is 10.1. The van der Waals surface area contributed by atoms with Crippen molar-refractivity contribution in [1.29, 1.82) is 0 Å². The molecule has 6 heteroatoms. The van der Waals surface area contributed by atoms with Crippen molar-refractivity contribution in [2.75, 3.05) is 0 Å². The number of rotatable bonds is 5. The van der Waals surface area contributed by atoms with E-state index >= 15 is 0 Å². The van der Waals surface area contributed by atoms with Gasteiger partial charge in [0.25, 0.3) is 0 Å². The molecular formula is C16H16F2O3S. The Hall–Kier alpha value is -1.95. The van der Waals surface area contributed by atoms with Crippen LogP contribution in [0.15, 0.2) is 47.4 Å². The Bertz CT molecular complexity index is 753. The van der Waals surface area contributed by atoms with Crippen LogP contribution < -0.4 is 4.74 Å². The Kier molecular flexibility index (Phi) is 4.81. The second-order valence-electron chi connectivity index (χ2n) is 5.01. The largest absolute Gasteiger partial charge is 0.489 e. The van der Waals surface area contributed by atoms with Crippen molar-refractivity contribution in [1.82, 2.24) is 0 Å². The Morgan fingerprint density at radius 3 is 2.27 bits per heavy atom. The molecule has 3 nitrogen and oxygen atoms in total. The standard InChI is InChI=1S/C16H16F2O3S/c1-11-3-4-12(2)15(9-11)21-10-13-5-7-14(8-6-13)22(19,20)16(17)18/h3-9,16H,10H2,1-2H3. The van der Waals surface area contributed by atoms with Crippen LogP contribution in [-0.4, -0.2) is 14.2 Å². The minimum atomic E-state index is -4.55. The summed E-state index contributed by atoms with van der Waals surface area (Å²) in [6.45, 7) is 4.11. The lowest BCUT2D eigenvalue weighted by Crippen LogP contribution is -2.11. The zero-order valence-corrected chi connectivity index (χ0v) is 13.0. The van der Waals surface area contributed by atoms with Gasteiger partial charge in [0.15, 0.2) is 0 Å². The van der Waals surface area contributed by atoms with Gasteiger partial charge in [-0.25, -0.2) is 8.42 Å². The second-order valence-corrected chi connectivity index (χ2v) is 6.93. The van der Waals surface area contributed by atoms with Gasteiger partial charge >= 0.3 is 5.76 Å². The minimum absolute atomic E-state index is 0.235. The molecule has 0 aliphatic rings. The molecule has 0 aliphatic heterocycles. The van der Waals surface area contributed by atoms with Crippen molar-refractivity contribution in [3.8, 4) is 5.75 Å². The molecule has 2 rings (SSSR count). The number of aryl methyl sites for hydroxylation is 2. The number of halogens is 2. The first-order valence-electron chi connectivity index (χ1n) is 6.62. The summed E-state index contributed by atoms with van der Waals surface area (Å²) in [6.07, 6.45) is 0. The molecule has 0 amide bonds. The van der Waals surface area contributed by atoms with E-state index in [1.54, 1.807) is 0 Å². The van der Waals surface area contributed by atoms with Crippen LogP contribution in [0.1, 0.15) is 16.7 Å². The third-order valence-corrected chi connectivity index (χ3v) is 4.62. The highest BCUT2D eigenvalue weighted by Crippen LogP contribution is 2.22. The van der Waals surface area contributed by atoms with Crippen LogP contribution in [0.25, 0.3) is 0 Å². The van der Waals surface area contributed by atoms with Crippen LogP contribution in [0.4, 0.5) is 8.78 Å². The molecule has 0 aliphatic carbocycles. The Morgan fingerprint density at radius 1 is 1.05 bits per heavy atom. The summed E-state index contributed by atoms with van der Waals surface area (Å²) in [5, 5.41) is 0. The summed E-state index contributed by atoms with van der Waals surface area (Å²) < 4.78 is 53.2. The molecule has 0 spiro atoms. The zero-order chi connectivity index (χ0) is 16.3. The van der Waals surface area contributed by atoms with Crippen molar-refractivity contribution in [3.63, 3.8) is 0 Å². The maximum atomic E-state index is 12.4. The Labute approximate surface area is 128 Å².